The number of carboxylic acids is 1. The van der Waals surface area contributed by atoms with Crippen molar-refractivity contribution in [2.45, 2.75) is 45.2 Å². The molecule has 1 aromatic heterocycles. The predicted octanol–water partition coefficient (Wildman–Crippen LogP) is 2.45. The molecule has 5 heteroatoms. The lowest BCUT2D eigenvalue weighted by Gasteiger charge is -2.37. The highest BCUT2D eigenvalue weighted by atomic mass is 32.1. The maximum absolute atomic E-state index is 11.3. The van der Waals surface area contributed by atoms with Gasteiger partial charge in [-0.05, 0) is 33.2 Å². The Balaban J connectivity index is 2.19. The molecule has 4 nitrogen and oxygen atoms in total. The molecule has 0 aliphatic carbocycles. The van der Waals surface area contributed by atoms with Crippen molar-refractivity contribution in [3.8, 4) is 0 Å². The van der Waals surface area contributed by atoms with Gasteiger partial charge < -0.3 is 5.11 Å². The Bertz CT molecular complexity index is 405. The first-order chi connectivity index (χ1) is 8.11. The molecule has 1 saturated heterocycles. The summed E-state index contributed by atoms with van der Waals surface area (Å²) in [6.07, 6.45) is 2.87. The number of carboxylic acid groups (broad SMARTS) is 1. The zero-order valence-electron chi connectivity index (χ0n) is 10.2. The molecule has 0 spiro atoms. The van der Waals surface area contributed by atoms with Crippen LogP contribution in [0.2, 0.25) is 0 Å². The van der Waals surface area contributed by atoms with Crippen LogP contribution < -0.4 is 0 Å². The number of hydrogen-bond donors (Lipinski definition) is 1. The van der Waals surface area contributed by atoms with Gasteiger partial charge in [0.25, 0.3) is 0 Å². The van der Waals surface area contributed by atoms with Gasteiger partial charge in [-0.1, -0.05) is 6.42 Å². The van der Waals surface area contributed by atoms with E-state index in [0.29, 0.717) is 0 Å². The number of rotatable bonds is 3. The molecule has 1 fully saturated rings. The fraction of sp³-hybridized carbons (Fsp3) is 0.667. The van der Waals surface area contributed by atoms with Crippen LogP contribution in [0.5, 0.6) is 0 Å². The van der Waals surface area contributed by atoms with Crippen LogP contribution in [0.4, 0.5) is 0 Å². The van der Waals surface area contributed by atoms with E-state index in [1.54, 1.807) is 11.3 Å². The Morgan fingerprint density at radius 3 is 3.00 bits per heavy atom. The van der Waals surface area contributed by atoms with Gasteiger partial charge in [0.15, 0.2) is 0 Å². The molecule has 2 atom stereocenters. The average Bonchev–Trinajstić information content (AvgIpc) is 2.74. The van der Waals surface area contributed by atoms with E-state index in [4.69, 9.17) is 0 Å². The number of carbonyl (C=O) groups is 1. The first-order valence-electron chi connectivity index (χ1n) is 5.99. The van der Waals surface area contributed by atoms with Gasteiger partial charge in [0.1, 0.15) is 6.04 Å². The molecule has 0 amide bonds. The molecule has 2 rings (SSSR count). The van der Waals surface area contributed by atoms with Crippen LogP contribution in [-0.2, 0) is 4.79 Å². The topological polar surface area (TPSA) is 53.4 Å². The van der Waals surface area contributed by atoms with Crippen LogP contribution in [0.1, 0.15) is 42.8 Å². The second-order valence-electron chi connectivity index (χ2n) is 4.57. The zero-order valence-corrected chi connectivity index (χ0v) is 11.0. The third kappa shape index (κ3) is 2.50. The van der Waals surface area contributed by atoms with Gasteiger partial charge in [0, 0.05) is 10.9 Å². The minimum Gasteiger partial charge on any atom is -0.480 e. The van der Waals surface area contributed by atoms with Crippen molar-refractivity contribution in [3.05, 3.63) is 16.1 Å². The quantitative estimate of drug-likeness (QED) is 0.900. The summed E-state index contributed by atoms with van der Waals surface area (Å²) in [6, 6.07) is -0.177. The number of nitrogens with zero attached hydrogens (tertiary/aromatic N) is 2. The predicted molar refractivity (Wildman–Crippen MR) is 67.2 cm³/mol. The summed E-state index contributed by atoms with van der Waals surface area (Å²) in [6.45, 7) is 4.94. The Morgan fingerprint density at radius 1 is 1.65 bits per heavy atom. The summed E-state index contributed by atoms with van der Waals surface area (Å²) in [4.78, 5) is 18.8. The number of piperidine rings is 1. The summed E-state index contributed by atoms with van der Waals surface area (Å²) < 4.78 is 0. The summed E-state index contributed by atoms with van der Waals surface area (Å²) in [5.41, 5.74) is 2.86. The van der Waals surface area contributed by atoms with Crippen molar-refractivity contribution in [3.63, 3.8) is 0 Å². The molecule has 0 aromatic carbocycles. The van der Waals surface area contributed by atoms with Crippen molar-refractivity contribution in [2.24, 2.45) is 0 Å². The SMILES string of the molecule is Cc1ncsc1C(C)N1CCCCC1C(=O)O. The van der Waals surface area contributed by atoms with E-state index in [1.165, 1.54) is 4.88 Å². The number of hydrogen-bond acceptors (Lipinski definition) is 4. The third-order valence-electron chi connectivity index (χ3n) is 3.49. The summed E-state index contributed by atoms with van der Waals surface area (Å²) >= 11 is 1.62. The van der Waals surface area contributed by atoms with Crippen molar-refractivity contribution >= 4 is 17.3 Å². The van der Waals surface area contributed by atoms with Gasteiger partial charge in [-0.15, -0.1) is 11.3 Å². The molecular formula is C12H18N2O2S. The van der Waals surface area contributed by atoms with E-state index in [-0.39, 0.29) is 12.1 Å². The molecule has 1 aliphatic rings. The van der Waals surface area contributed by atoms with Crippen LogP contribution in [0, 0.1) is 6.92 Å². The Kier molecular flexibility index (Phi) is 3.79. The highest BCUT2D eigenvalue weighted by Crippen LogP contribution is 2.31. The van der Waals surface area contributed by atoms with Crippen LogP contribution in [0.3, 0.4) is 0 Å². The van der Waals surface area contributed by atoms with E-state index >= 15 is 0 Å². The lowest BCUT2D eigenvalue weighted by molar-refractivity contribution is -0.145. The fourth-order valence-corrected chi connectivity index (χ4v) is 3.43. The molecule has 0 bridgehead atoms. The lowest BCUT2D eigenvalue weighted by Crippen LogP contribution is -2.45. The Labute approximate surface area is 105 Å². The minimum absolute atomic E-state index is 0.156. The Morgan fingerprint density at radius 2 is 2.41 bits per heavy atom. The van der Waals surface area contributed by atoms with Crippen molar-refractivity contribution < 1.29 is 9.90 Å². The highest BCUT2D eigenvalue weighted by Gasteiger charge is 2.33. The van der Waals surface area contributed by atoms with E-state index in [9.17, 15) is 9.90 Å². The van der Waals surface area contributed by atoms with E-state index < -0.39 is 5.97 Å². The van der Waals surface area contributed by atoms with Gasteiger partial charge in [0.2, 0.25) is 0 Å². The molecule has 0 saturated carbocycles. The maximum atomic E-state index is 11.3. The van der Waals surface area contributed by atoms with Crippen molar-refractivity contribution in [1.29, 1.82) is 0 Å². The van der Waals surface area contributed by atoms with Crippen LogP contribution in [-0.4, -0.2) is 33.5 Å². The number of likely N-dealkylation sites (tertiary alicyclic amines) is 1. The number of thiazole rings is 1. The summed E-state index contributed by atoms with van der Waals surface area (Å²) in [7, 11) is 0. The van der Waals surface area contributed by atoms with Crippen LogP contribution in [0.25, 0.3) is 0 Å². The molecule has 17 heavy (non-hydrogen) atoms. The van der Waals surface area contributed by atoms with Crippen molar-refractivity contribution in [2.75, 3.05) is 6.54 Å². The molecule has 2 heterocycles. The minimum atomic E-state index is -0.696. The monoisotopic (exact) mass is 254 g/mol. The maximum Gasteiger partial charge on any atom is 0.320 e. The van der Waals surface area contributed by atoms with Gasteiger partial charge in [-0.25, -0.2) is 4.98 Å². The first-order valence-corrected chi connectivity index (χ1v) is 6.87. The Hall–Kier alpha value is -0.940. The lowest BCUT2D eigenvalue weighted by atomic mass is 9.99. The van der Waals surface area contributed by atoms with Crippen molar-refractivity contribution in [1.82, 2.24) is 9.88 Å². The smallest absolute Gasteiger partial charge is 0.320 e. The second-order valence-corrected chi connectivity index (χ2v) is 5.45. The molecule has 1 N–H and O–H groups in total. The molecule has 1 aromatic rings. The average molecular weight is 254 g/mol. The molecule has 1 aliphatic heterocycles. The highest BCUT2D eigenvalue weighted by molar-refractivity contribution is 7.09. The fourth-order valence-electron chi connectivity index (χ4n) is 2.55. The molecule has 0 radical (unpaired) electrons. The zero-order chi connectivity index (χ0) is 12.4. The molecule has 94 valence electrons. The summed E-state index contributed by atoms with van der Waals surface area (Å²) in [5.74, 6) is -0.696. The third-order valence-corrected chi connectivity index (χ3v) is 4.59. The van der Waals surface area contributed by atoms with E-state index in [0.717, 1.165) is 31.5 Å². The standard InChI is InChI=1S/C12H18N2O2S/c1-8-11(17-7-13-8)9(2)14-6-4-3-5-10(14)12(15)16/h7,9-10H,3-6H2,1-2H3,(H,15,16). The second kappa shape index (κ2) is 5.14. The van der Waals surface area contributed by atoms with Crippen LogP contribution in [0.15, 0.2) is 5.51 Å². The van der Waals surface area contributed by atoms with Gasteiger partial charge in [0.05, 0.1) is 11.2 Å². The molecular weight excluding hydrogens is 236 g/mol. The van der Waals surface area contributed by atoms with E-state index in [1.807, 2.05) is 12.4 Å². The van der Waals surface area contributed by atoms with Gasteiger partial charge >= 0.3 is 5.97 Å². The summed E-state index contributed by atoms with van der Waals surface area (Å²) in [5, 5.41) is 9.27. The number of aliphatic carboxylic acids is 1. The number of aromatic nitrogens is 1. The van der Waals surface area contributed by atoms with E-state index in [2.05, 4.69) is 16.8 Å². The van der Waals surface area contributed by atoms with Crippen LogP contribution >= 0.6 is 11.3 Å². The molecule has 2 unspecified atom stereocenters. The largest absolute Gasteiger partial charge is 0.480 e. The normalized spacial score (nSPS) is 23.5. The number of aryl methyl sites for hydroxylation is 1. The van der Waals surface area contributed by atoms with Gasteiger partial charge in [-0.2, -0.15) is 0 Å². The first kappa shape index (κ1) is 12.5. The van der Waals surface area contributed by atoms with Gasteiger partial charge in [-0.3, -0.25) is 9.69 Å².